The molecule has 0 aromatic heterocycles. The quantitative estimate of drug-likeness (QED) is 0.0252. The number of aliphatic hydroxyl groups is 30. The molecule has 85 heavy (non-hydrogen) atoms. The van der Waals surface area contributed by atoms with Crippen LogP contribution in [0.3, 0.4) is 0 Å². The van der Waals surface area contributed by atoms with Gasteiger partial charge in [-0.15, -0.1) is 0 Å². The van der Waals surface area contributed by atoms with Crippen molar-refractivity contribution in [2.24, 2.45) is 0 Å². The topological polar surface area (TPSA) is 616 Å². The van der Waals surface area contributed by atoms with Gasteiger partial charge >= 0.3 is 0 Å². The number of rotatable bonds is 42. The Morgan fingerprint density at radius 3 is 0.341 bits per heavy atom. The molecule has 0 amide bonds. The Hall–Kier alpha value is -1.24. The van der Waals surface area contributed by atoms with Crippen molar-refractivity contribution in [2.75, 3.05) is 145 Å². The van der Waals surface area contributed by atoms with Gasteiger partial charge < -0.3 is 158 Å². The van der Waals surface area contributed by atoms with E-state index in [1.807, 2.05) is 0 Å². The molecule has 0 aliphatic heterocycles. The molecular weight excluding hydrogens is 1140 g/mol. The fourth-order valence-electron chi connectivity index (χ4n) is 4.06. The number of ether oxygens (including phenoxy) is 1. The van der Waals surface area contributed by atoms with Crippen LogP contribution in [-0.4, -0.2) is 360 Å². The second-order valence-corrected chi connectivity index (χ2v) is 18.2. The predicted molar refractivity (Wildman–Crippen MR) is 316 cm³/mol. The zero-order chi connectivity index (χ0) is 68.2. The fraction of sp³-hybridized carbons (Fsp3) is 1.00. The summed E-state index contributed by atoms with van der Waals surface area (Å²) in [5.41, 5.74) is 0. The SMILES string of the molecule is CCCCCCCCCCCCOCCCCCCCCCCCC.OCC(O)CO.OCC(O)CO.OCC(O)CO.OCC(O)CO.OCC(O)CO.OCC(O)CO.OCC(O)CO.OCC(O)CO.OCC(O)CO.OCC(O)CO. The van der Waals surface area contributed by atoms with E-state index in [-0.39, 0.29) is 132 Å². The van der Waals surface area contributed by atoms with Crippen LogP contribution in [0.25, 0.3) is 0 Å². The van der Waals surface area contributed by atoms with E-state index in [2.05, 4.69) is 13.8 Å². The molecule has 0 saturated carbocycles. The molecular formula is C54H130O31. The van der Waals surface area contributed by atoms with Gasteiger partial charge in [-0.25, -0.2) is 0 Å². The average Bonchev–Trinajstić information content (AvgIpc) is 3.55. The lowest BCUT2D eigenvalue weighted by atomic mass is 10.1. The standard InChI is InChI=1S/C24H50O.10C3H8O3/c1-3-5-7-9-11-13-15-17-19-21-23-25-24-22-20-18-16-14-12-10-8-6-4-2;10*4-1-3(6)2-5/h3-24H2,1-2H3;10*3-6H,1-2H2. The second-order valence-electron chi connectivity index (χ2n) is 18.2. The summed E-state index contributed by atoms with van der Waals surface area (Å²) >= 11 is 0. The van der Waals surface area contributed by atoms with Crippen molar-refractivity contribution < 1.29 is 158 Å². The van der Waals surface area contributed by atoms with Crippen molar-refractivity contribution in [3.05, 3.63) is 0 Å². The van der Waals surface area contributed by atoms with E-state index >= 15 is 0 Å². The van der Waals surface area contributed by atoms with E-state index in [9.17, 15) is 0 Å². The maximum Gasteiger partial charge on any atom is 0.100 e. The van der Waals surface area contributed by atoms with Crippen molar-refractivity contribution in [1.82, 2.24) is 0 Å². The summed E-state index contributed by atoms with van der Waals surface area (Å²) in [6, 6.07) is 0. The van der Waals surface area contributed by atoms with Crippen LogP contribution in [0, 0.1) is 0 Å². The van der Waals surface area contributed by atoms with Gasteiger partial charge in [0.05, 0.1) is 132 Å². The molecule has 0 fully saturated rings. The highest BCUT2D eigenvalue weighted by Gasteiger charge is 2.00. The minimum absolute atomic E-state index is 0.365. The zero-order valence-electron chi connectivity index (χ0n) is 51.3. The van der Waals surface area contributed by atoms with Gasteiger partial charge in [-0.2, -0.15) is 0 Å². The number of aliphatic hydroxyl groups excluding tert-OH is 30. The van der Waals surface area contributed by atoms with Crippen LogP contribution in [0.2, 0.25) is 0 Å². The van der Waals surface area contributed by atoms with Crippen molar-refractivity contribution in [3.8, 4) is 0 Å². The summed E-state index contributed by atoms with van der Waals surface area (Å²) in [6.45, 7) is -0.723. The van der Waals surface area contributed by atoms with Crippen LogP contribution >= 0.6 is 0 Å². The maximum atomic E-state index is 8.17. The minimum Gasteiger partial charge on any atom is -0.394 e. The first-order chi connectivity index (χ1) is 40.5. The molecule has 0 aromatic carbocycles. The second kappa shape index (κ2) is 107. The highest BCUT2D eigenvalue weighted by atomic mass is 16.5. The predicted octanol–water partition coefficient (Wildman–Crippen LogP) is -7.84. The molecule has 0 aliphatic rings. The Labute approximate surface area is 505 Å². The molecule has 0 rings (SSSR count). The van der Waals surface area contributed by atoms with Gasteiger partial charge in [0, 0.05) is 13.2 Å². The van der Waals surface area contributed by atoms with Crippen molar-refractivity contribution in [2.45, 2.75) is 203 Å². The van der Waals surface area contributed by atoms with Gasteiger partial charge in [-0.1, -0.05) is 129 Å². The zero-order valence-corrected chi connectivity index (χ0v) is 51.3. The highest BCUT2D eigenvalue weighted by Crippen LogP contribution is 2.12. The molecule has 0 unspecified atom stereocenters. The molecule has 0 bridgehead atoms. The lowest BCUT2D eigenvalue weighted by Gasteiger charge is -2.05. The first-order valence-electron chi connectivity index (χ1n) is 29.1. The van der Waals surface area contributed by atoms with Crippen molar-refractivity contribution in [3.63, 3.8) is 0 Å². The molecule has 30 N–H and O–H groups in total. The van der Waals surface area contributed by atoms with Gasteiger partial charge in [0.1, 0.15) is 61.0 Å². The summed E-state index contributed by atoms with van der Waals surface area (Å²) < 4.78 is 5.78. The summed E-state index contributed by atoms with van der Waals surface area (Å²) in [5, 5.41) is 240. The number of hydrogen-bond acceptors (Lipinski definition) is 31. The number of hydrogen-bond donors (Lipinski definition) is 30. The Balaban J connectivity index is -0.0000000849. The normalized spacial score (nSPS) is 10.4. The van der Waals surface area contributed by atoms with Crippen molar-refractivity contribution in [1.29, 1.82) is 0 Å². The first kappa shape index (κ1) is 108. The third-order valence-corrected chi connectivity index (χ3v) is 9.50. The molecule has 0 spiro atoms. The monoisotopic (exact) mass is 1270 g/mol. The lowest BCUT2D eigenvalue weighted by Crippen LogP contribution is -2.15. The van der Waals surface area contributed by atoms with Gasteiger partial charge in [0.2, 0.25) is 0 Å². The Morgan fingerprint density at radius 2 is 0.259 bits per heavy atom. The van der Waals surface area contributed by atoms with Crippen LogP contribution < -0.4 is 0 Å². The minimum atomic E-state index is -0.954. The van der Waals surface area contributed by atoms with E-state index < -0.39 is 61.0 Å². The third kappa shape index (κ3) is 146. The molecule has 31 nitrogen and oxygen atoms in total. The Morgan fingerprint density at radius 1 is 0.165 bits per heavy atom. The molecule has 532 valence electrons. The summed E-state index contributed by atoms with van der Waals surface area (Å²) in [5.74, 6) is 0. The average molecular weight is 1280 g/mol. The van der Waals surface area contributed by atoms with Crippen LogP contribution in [-0.2, 0) is 4.74 Å². The van der Waals surface area contributed by atoms with E-state index in [1.54, 1.807) is 0 Å². The Bertz CT molecular complexity index is 756. The first-order valence-corrected chi connectivity index (χ1v) is 29.1. The molecule has 0 aliphatic carbocycles. The van der Waals surface area contributed by atoms with Gasteiger partial charge in [-0.3, -0.25) is 0 Å². The van der Waals surface area contributed by atoms with Crippen LogP contribution in [0.5, 0.6) is 0 Å². The Kier molecular flexibility index (Phi) is 137. The van der Waals surface area contributed by atoms with E-state index in [4.69, 9.17) is 158 Å². The molecule has 0 radical (unpaired) electrons. The summed E-state index contributed by atoms with van der Waals surface area (Å²) in [6.07, 6.45) is 18.6. The van der Waals surface area contributed by atoms with Crippen LogP contribution in [0.1, 0.15) is 142 Å². The van der Waals surface area contributed by atoms with E-state index in [1.165, 1.54) is 128 Å². The summed E-state index contributed by atoms with van der Waals surface area (Å²) in [4.78, 5) is 0. The fourth-order valence-corrected chi connectivity index (χ4v) is 4.06. The van der Waals surface area contributed by atoms with Crippen LogP contribution in [0.4, 0.5) is 0 Å². The van der Waals surface area contributed by atoms with Gasteiger partial charge in [-0.05, 0) is 12.8 Å². The molecule has 31 heteroatoms. The molecule has 0 aromatic rings. The summed E-state index contributed by atoms with van der Waals surface area (Å²) in [7, 11) is 0. The molecule has 0 heterocycles. The molecule has 0 saturated heterocycles. The van der Waals surface area contributed by atoms with E-state index in [0.29, 0.717) is 0 Å². The lowest BCUT2D eigenvalue weighted by molar-refractivity contribution is 0.0450. The van der Waals surface area contributed by atoms with Gasteiger partial charge in [0.25, 0.3) is 0 Å². The molecule has 0 atom stereocenters. The van der Waals surface area contributed by atoms with E-state index in [0.717, 1.165) is 13.2 Å². The van der Waals surface area contributed by atoms with Crippen LogP contribution in [0.15, 0.2) is 0 Å². The largest absolute Gasteiger partial charge is 0.394 e. The third-order valence-electron chi connectivity index (χ3n) is 9.50. The maximum absolute atomic E-state index is 8.17. The number of unbranched alkanes of at least 4 members (excludes halogenated alkanes) is 18. The highest BCUT2D eigenvalue weighted by molar-refractivity contribution is 4.51. The van der Waals surface area contributed by atoms with Crippen molar-refractivity contribution >= 4 is 0 Å². The smallest absolute Gasteiger partial charge is 0.100 e. The van der Waals surface area contributed by atoms with Gasteiger partial charge in [0.15, 0.2) is 0 Å².